The molecule has 12 heteroatoms. The maximum absolute atomic E-state index is 7.44. The monoisotopic (exact) mass is 1490 g/mol. The minimum atomic E-state index is -0.513. The summed E-state index contributed by atoms with van der Waals surface area (Å²) >= 11 is 0. The highest BCUT2D eigenvalue weighted by Crippen LogP contribution is 2.42. The maximum Gasteiger partial charge on any atom is 0.419 e. The van der Waals surface area contributed by atoms with Gasteiger partial charge in [-0.2, -0.15) is 0 Å². The van der Waals surface area contributed by atoms with Crippen LogP contribution in [0.3, 0.4) is 0 Å². The van der Waals surface area contributed by atoms with E-state index in [1.54, 1.807) is 0 Å². The Labute approximate surface area is 663 Å². The first-order chi connectivity index (χ1) is 53.7. The molecule has 6 bridgehead atoms. The number of aromatic nitrogens is 6. The summed E-state index contributed by atoms with van der Waals surface area (Å²) in [5.41, 5.74) is 8.14. The predicted molar refractivity (Wildman–Crippen MR) is 467 cm³/mol. The number of fused-ring (bicyclic) bond motifs is 15. The molecule has 5 heterocycles. The molecule has 0 amide bonds. The molecule has 0 atom stereocenters. The summed E-state index contributed by atoms with van der Waals surface area (Å²) in [6, 6.07) is 45.1. The fourth-order valence-electron chi connectivity index (χ4n) is 17.7. The normalized spacial score (nSPS) is 13.8. The van der Waals surface area contributed by atoms with Crippen LogP contribution in [0.25, 0.3) is 66.9 Å². The van der Waals surface area contributed by atoms with Crippen molar-refractivity contribution >= 4 is 51.2 Å². The number of ether oxygens (including phenoxy) is 3. The predicted octanol–water partition coefficient (Wildman–Crippen LogP) is 29.4. The first kappa shape index (κ1) is 83.7. The highest BCUT2D eigenvalue weighted by atomic mass is 16.5. The molecule has 6 aromatic carbocycles. The lowest BCUT2D eigenvalue weighted by Crippen LogP contribution is -2.60. The van der Waals surface area contributed by atoms with Crippen molar-refractivity contribution in [2.45, 2.75) is 355 Å². The van der Waals surface area contributed by atoms with Gasteiger partial charge in [-0.05, 0) is 194 Å². The lowest BCUT2D eigenvalue weighted by Gasteiger charge is -2.46. The standard InChI is InChI=1S/C98H138BN7O4/c1-10-13-16-19-22-25-28-31-34-37-40-43-46-52-75-55-49-58-78(67-75)107-81-61-64-85-88(70-81)92-100-91(85)102-96-90-72-83(109-80-60-51-57-77(69-80)54-48-45-42-39-36-33-30-27-24-21-18-15-12-3)63-66-87(90)95(106(96)99(8)110-84-73-97(4,5)104-98(6,7)74-84)103-93-86-65-62-82(71-89(86)94(101-92)105(93)9)108-79-59-50-56-76(68-79)53-47-44-41-38-35-32-29-26-23-20-17-14-11-2/h49-51,55-72,84,104H,10-48,52-54,73-74H2,1-9H3. The smallest absolute Gasteiger partial charge is 0.419 e. The molecule has 2 aliphatic heterocycles. The molecular formula is C98H138BN7O4. The van der Waals surface area contributed by atoms with Crippen LogP contribution in [-0.4, -0.2) is 53.2 Å². The van der Waals surface area contributed by atoms with Crippen molar-refractivity contribution in [3.8, 4) is 57.3 Å². The van der Waals surface area contributed by atoms with Crippen LogP contribution in [0.1, 0.15) is 328 Å². The number of nitrogens with zero attached hydrogens (tertiary/aromatic N) is 6. The molecule has 11 nitrogen and oxygen atoms in total. The molecule has 0 spiro atoms. The molecule has 3 aromatic heterocycles. The molecule has 0 aliphatic carbocycles. The SMILES string of the molecule is CCCCCCCCCCCCCCCc1cccc(Oc2ccc3c(c2)-c2nc-3nc3c4cc(Oc5cccc(CCCCCCCCCCCCCCC)c5)ccc4c(nc4c5ccc(Oc6cccc(CCCCCCCCCCCCCCC)c6)cc5c(n2)n4C)n3B(C)OC2CC(C)(C)NC(C)(C)C2)c1. The summed E-state index contributed by atoms with van der Waals surface area (Å²) in [6.07, 6.45) is 57.2. The van der Waals surface area contributed by atoms with Crippen molar-refractivity contribution < 1.29 is 18.9 Å². The minimum absolute atomic E-state index is 0.0605. The molecule has 9 aromatic rings. The van der Waals surface area contributed by atoms with Gasteiger partial charge in [0, 0.05) is 56.9 Å². The van der Waals surface area contributed by atoms with Gasteiger partial charge in [0.15, 0.2) is 11.6 Å². The van der Waals surface area contributed by atoms with Gasteiger partial charge < -0.3 is 33.2 Å². The number of hydrogen-bond donors (Lipinski definition) is 1. The quantitative estimate of drug-likeness (QED) is 0.0294. The Morgan fingerprint density at radius 3 is 1.07 bits per heavy atom. The average molecular weight is 1490 g/mol. The second kappa shape index (κ2) is 43.7. The van der Waals surface area contributed by atoms with E-state index in [-0.39, 0.29) is 17.2 Å². The largest absolute Gasteiger partial charge is 0.457 e. The zero-order valence-electron chi connectivity index (χ0n) is 69.7. The fraction of sp³-hybridized carbons (Fsp3) is 0.571. The Balaban J connectivity index is 0.902. The Hall–Kier alpha value is -7.28. The van der Waals surface area contributed by atoms with Crippen LogP contribution in [0.4, 0.5) is 0 Å². The van der Waals surface area contributed by atoms with Gasteiger partial charge in [0.25, 0.3) is 0 Å². The summed E-state index contributed by atoms with van der Waals surface area (Å²) in [5.74, 6) is 5.67. The van der Waals surface area contributed by atoms with E-state index in [0.29, 0.717) is 34.4 Å². The van der Waals surface area contributed by atoms with E-state index in [4.69, 9.17) is 38.8 Å². The average Bonchev–Trinajstić information content (AvgIpc) is 1.57. The number of unbranched alkanes of at least 4 members (excludes halogenated alkanes) is 36. The molecule has 2 aliphatic rings. The highest BCUT2D eigenvalue weighted by molar-refractivity contribution is 6.51. The minimum Gasteiger partial charge on any atom is -0.457 e. The molecule has 1 N–H and O–H groups in total. The third-order valence-corrected chi connectivity index (χ3v) is 23.4. The maximum atomic E-state index is 7.44. The summed E-state index contributed by atoms with van der Waals surface area (Å²) in [5, 5.41) is 7.52. The van der Waals surface area contributed by atoms with Gasteiger partial charge in [0.2, 0.25) is 0 Å². The van der Waals surface area contributed by atoms with Gasteiger partial charge >= 0.3 is 7.05 Å². The second-order valence-electron chi connectivity index (χ2n) is 34.3. The topological polar surface area (TPSA) is 110 Å². The summed E-state index contributed by atoms with van der Waals surface area (Å²) in [4.78, 5) is 22.8. The van der Waals surface area contributed by atoms with Crippen LogP contribution in [0.15, 0.2) is 127 Å². The van der Waals surface area contributed by atoms with Crippen molar-refractivity contribution in [1.29, 1.82) is 0 Å². The van der Waals surface area contributed by atoms with Gasteiger partial charge in [-0.3, -0.25) is 0 Å². The molecule has 0 unspecified atom stereocenters. The van der Waals surface area contributed by atoms with Crippen LogP contribution in [0.2, 0.25) is 6.82 Å². The fourth-order valence-corrected chi connectivity index (χ4v) is 17.7. The van der Waals surface area contributed by atoms with Crippen molar-refractivity contribution in [2.75, 3.05) is 0 Å². The van der Waals surface area contributed by atoms with E-state index >= 15 is 0 Å². The van der Waals surface area contributed by atoms with Gasteiger partial charge in [-0.25, -0.2) is 19.9 Å². The number of aryl methyl sites for hydroxylation is 4. The van der Waals surface area contributed by atoms with E-state index in [0.717, 1.165) is 99.1 Å². The molecule has 110 heavy (non-hydrogen) atoms. The lowest BCUT2D eigenvalue weighted by molar-refractivity contribution is 0.0536. The third kappa shape index (κ3) is 25.4. The van der Waals surface area contributed by atoms with Crippen molar-refractivity contribution in [2.24, 2.45) is 7.05 Å². The summed E-state index contributed by atoms with van der Waals surface area (Å²) < 4.78 is 32.5. The first-order valence-electron chi connectivity index (χ1n) is 44.5. The summed E-state index contributed by atoms with van der Waals surface area (Å²) in [7, 11) is 1.56. The van der Waals surface area contributed by atoms with Gasteiger partial charge in [0.05, 0.1) is 0 Å². The number of piperidine rings is 1. The first-order valence-corrected chi connectivity index (χ1v) is 44.5. The Bertz CT molecular complexity index is 4350. The zero-order valence-corrected chi connectivity index (χ0v) is 69.7. The Morgan fingerprint density at radius 2 is 0.664 bits per heavy atom. The van der Waals surface area contributed by atoms with Crippen LogP contribution in [0.5, 0.6) is 34.5 Å². The van der Waals surface area contributed by atoms with Crippen molar-refractivity contribution in [3.05, 3.63) is 144 Å². The lowest BCUT2D eigenvalue weighted by atomic mass is 9.78. The number of rotatable bonds is 51. The van der Waals surface area contributed by atoms with E-state index in [1.165, 1.54) is 267 Å². The van der Waals surface area contributed by atoms with Gasteiger partial charge in [-0.1, -0.05) is 288 Å². The van der Waals surface area contributed by atoms with Gasteiger partial charge in [0.1, 0.15) is 57.1 Å². The van der Waals surface area contributed by atoms with Crippen LogP contribution in [0, 0.1) is 0 Å². The van der Waals surface area contributed by atoms with Crippen LogP contribution < -0.4 is 19.5 Å². The third-order valence-electron chi connectivity index (χ3n) is 23.4. The van der Waals surface area contributed by atoms with E-state index in [1.807, 2.05) is 0 Å². The van der Waals surface area contributed by atoms with Gasteiger partial charge in [-0.15, -0.1) is 0 Å². The molecule has 1 fully saturated rings. The van der Waals surface area contributed by atoms with Crippen molar-refractivity contribution in [3.63, 3.8) is 0 Å². The van der Waals surface area contributed by atoms with Crippen molar-refractivity contribution in [1.82, 2.24) is 34.3 Å². The Kier molecular flexibility index (Phi) is 33.2. The molecule has 592 valence electrons. The van der Waals surface area contributed by atoms with E-state index in [2.05, 4.69) is 204 Å². The molecule has 0 saturated carbocycles. The van der Waals surface area contributed by atoms with Crippen LogP contribution in [-0.2, 0) is 31.0 Å². The number of nitrogens with one attached hydrogen (secondary N) is 1. The second-order valence-corrected chi connectivity index (χ2v) is 34.3. The molecule has 11 rings (SSSR count). The number of benzene rings is 6. The Morgan fingerprint density at radius 1 is 0.345 bits per heavy atom. The zero-order chi connectivity index (χ0) is 76.8. The van der Waals surface area contributed by atoms with E-state index in [9.17, 15) is 0 Å². The molecular weight excluding hydrogens is 1350 g/mol. The molecule has 0 radical (unpaired) electrons. The number of hydrogen-bond acceptors (Lipinski definition) is 9. The van der Waals surface area contributed by atoms with Crippen LogP contribution >= 0.6 is 0 Å². The highest BCUT2D eigenvalue weighted by Gasteiger charge is 2.40. The van der Waals surface area contributed by atoms with E-state index < -0.39 is 7.05 Å². The summed E-state index contributed by atoms with van der Waals surface area (Å²) in [6.45, 7) is 18.2. The molecule has 1 saturated heterocycles.